The van der Waals surface area contributed by atoms with Crippen LogP contribution in [-0.2, 0) is 19.4 Å². The van der Waals surface area contributed by atoms with E-state index < -0.39 is 0 Å². The Morgan fingerprint density at radius 1 is 1.54 bits per heavy atom. The highest BCUT2D eigenvalue weighted by Crippen LogP contribution is 2.14. The van der Waals surface area contributed by atoms with Gasteiger partial charge < -0.3 is 5.11 Å². The average molecular weight is 180 g/mol. The van der Waals surface area contributed by atoms with Gasteiger partial charge >= 0.3 is 0 Å². The molecule has 2 rings (SSSR count). The van der Waals surface area contributed by atoms with Crippen molar-refractivity contribution in [2.24, 2.45) is 0 Å². The number of hydrogen-bond donors (Lipinski definition) is 1. The van der Waals surface area contributed by atoms with Crippen LogP contribution in [0.1, 0.15) is 17.7 Å². The van der Waals surface area contributed by atoms with E-state index in [-0.39, 0.29) is 12.2 Å². The fourth-order valence-electron chi connectivity index (χ4n) is 1.73. The molecule has 4 heteroatoms. The Morgan fingerprint density at radius 2 is 2.38 bits per heavy atom. The second-order valence-electron chi connectivity index (χ2n) is 3.25. The number of aromatic nitrogens is 2. The first-order valence-corrected chi connectivity index (χ1v) is 4.51. The van der Waals surface area contributed by atoms with Gasteiger partial charge in [-0.3, -0.25) is 9.36 Å². The van der Waals surface area contributed by atoms with Crippen LogP contribution in [0, 0.1) is 0 Å². The summed E-state index contributed by atoms with van der Waals surface area (Å²) in [6, 6.07) is 0. The summed E-state index contributed by atoms with van der Waals surface area (Å²) in [6.45, 7) is 0.333. The minimum absolute atomic E-state index is 0.0135. The van der Waals surface area contributed by atoms with Gasteiger partial charge in [-0.05, 0) is 19.3 Å². The Hall–Kier alpha value is -1.16. The molecule has 0 atom stereocenters. The fraction of sp³-hybridized carbons (Fsp3) is 0.556. The third-order valence-electron chi connectivity index (χ3n) is 2.40. The van der Waals surface area contributed by atoms with Crippen LogP contribution in [0.2, 0.25) is 0 Å². The van der Waals surface area contributed by atoms with Gasteiger partial charge in [-0.15, -0.1) is 0 Å². The SMILES string of the molecule is O=c1c2c(ncn1CCO)CCC2. The number of aliphatic hydroxyl groups excluding tert-OH is 1. The lowest BCUT2D eigenvalue weighted by Crippen LogP contribution is -2.25. The molecular weight excluding hydrogens is 168 g/mol. The van der Waals surface area contributed by atoms with Crippen LogP contribution in [0.4, 0.5) is 0 Å². The summed E-state index contributed by atoms with van der Waals surface area (Å²) in [4.78, 5) is 15.9. The molecule has 0 aromatic carbocycles. The van der Waals surface area contributed by atoms with Crippen molar-refractivity contribution in [3.05, 3.63) is 27.9 Å². The molecule has 0 saturated carbocycles. The monoisotopic (exact) mass is 180 g/mol. The lowest BCUT2D eigenvalue weighted by molar-refractivity contribution is 0.273. The maximum atomic E-state index is 11.7. The maximum absolute atomic E-state index is 11.7. The molecule has 0 unspecified atom stereocenters. The van der Waals surface area contributed by atoms with Crippen molar-refractivity contribution >= 4 is 0 Å². The number of aryl methyl sites for hydroxylation is 1. The third-order valence-corrected chi connectivity index (χ3v) is 2.40. The van der Waals surface area contributed by atoms with E-state index in [4.69, 9.17) is 5.11 Å². The molecule has 0 radical (unpaired) electrons. The number of aliphatic hydroxyl groups is 1. The number of hydrogen-bond acceptors (Lipinski definition) is 3. The first-order valence-electron chi connectivity index (χ1n) is 4.51. The van der Waals surface area contributed by atoms with Crippen molar-refractivity contribution in [2.75, 3.05) is 6.61 Å². The highest BCUT2D eigenvalue weighted by Gasteiger charge is 2.16. The van der Waals surface area contributed by atoms with Crippen LogP contribution in [0.5, 0.6) is 0 Å². The van der Waals surface area contributed by atoms with E-state index in [9.17, 15) is 4.79 Å². The van der Waals surface area contributed by atoms with E-state index >= 15 is 0 Å². The molecule has 1 heterocycles. The van der Waals surface area contributed by atoms with Gasteiger partial charge in [0, 0.05) is 5.56 Å². The largest absolute Gasteiger partial charge is 0.395 e. The van der Waals surface area contributed by atoms with E-state index in [1.54, 1.807) is 0 Å². The second kappa shape index (κ2) is 3.30. The normalized spacial score (nSPS) is 14.5. The molecule has 0 aliphatic heterocycles. The Balaban J connectivity index is 2.47. The standard InChI is InChI=1S/C9H12N2O2/c12-5-4-11-6-10-8-3-1-2-7(8)9(11)13/h6,12H,1-5H2. The van der Waals surface area contributed by atoms with Crippen LogP contribution in [0.25, 0.3) is 0 Å². The summed E-state index contributed by atoms with van der Waals surface area (Å²) >= 11 is 0. The molecule has 1 aromatic heterocycles. The molecule has 0 amide bonds. The van der Waals surface area contributed by atoms with Gasteiger partial charge in [0.2, 0.25) is 0 Å². The second-order valence-corrected chi connectivity index (χ2v) is 3.25. The lowest BCUT2D eigenvalue weighted by Gasteiger charge is -2.04. The Bertz CT molecular complexity index is 370. The van der Waals surface area contributed by atoms with E-state index in [0.29, 0.717) is 6.54 Å². The van der Waals surface area contributed by atoms with Crippen LogP contribution in [0.3, 0.4) is 0 Å². The molecule has 1 aliphatic rings. The van der Waals surface area contributed by atoms with Crippen molar-refractivity contribution < 1.29 is 5.11 Å². The summed E-state index contributed by atoms with van der Waals surface area (Å²) in [5.74, 6) is 0. The topological polar surface area (TPSA) is 55.1 Å². The van der Waals surface area contributed by atoms with Crippen molar-refractivity contribution in [2.45, 2.75) is 25.8 Å². The van der Waals surface area contributed by atoms with Gasteiger partial charge in [0.05, 0.1) is 25.2 Å². The zero-order chi connectivity index (χ0) is 9.26. The van der Waals surface area contributed by atoms with E-state index in [0.717, 1.165) is 30.5 Å². The Kier molecular flexibility index (Phi) is 2.14. The molecule has 1 N–H and O–H groups in total. The molecular formula is C9H12N2O2. The van der Waals surface area contributed by atoms with E-state index in [1.165, 1.54) is 10.9 Å². The van der Waals surface area contributed by atoms with Crippen LogP contribution >= 0.6 is 0 Å². The summed E-state index contributed by atoms with van der Waals surface area (Å²) in [5, 5.41) is 8.71. The summed E-state index contributed by atoms with van der Waals surface area (Å²) < 4.78 is 1.48. The molecule has 0 fully saturated rings. The van der Waals surface area contributed by atoms with Gasteiger partial charge in [-0.25, -0.2) is 4.98 Å². The highest BCUT2D eigenvalue weighted by molar-refractivity contribution is 5.21. The minimum Gasteiger partial charge on any atom is -0.395 e. The predicted molar refractivity (Wildman–Crippen MR) is 47.6 cm³/mol. The Morgan fingerprint density at radius 3 is 3.15 bits per heavy atom. The van der Waals surface area contributed by atoms with Crippen molar-refractivity contribution in [1.82, 2.24) is 9.55 Å². The van der Waals surface area contributed by atoms with Gasteiger partial charge in [-0.1, -0.05) is 0 Å². The van der Waals surface area contributed by atoms with Gasteiger partial charge in [0.25, 0.3) is 5.56 Å². The van der Waals surface area contributed by atoms with Crippen LogP contribution < -0.4 is 5.56 Å². The first-order chi connectivity index (χ1) is 6.33. The molecule has 0 bridgehead atoms. The molecule has 13 heavy (non-hydrogen) atoms. The molecule has 0 spiro atoms. The molecule has 1 aliphatic carbocycles. The first kappa shape index (κ1) is 8.44. The minimum atomic E-state index is -0.0135. The van der Waals surface area contributed by atoms with Crippen molar-refractivity contribution in [1.29, 1.82) is 0 Å². The summed E-state index contributed by atoms with van der Waals surface area (Å²) in [6.07, 6.45) is 4.32. The van der Waals surface area contributed by atoms with Gasteiger partial charge in [0.1, 0.15) is 0 Å². The van der Waals surface area contributed by atoms with Gasteiger partial charge in [-0.2, -0.15) is 0 Å². The third kappa shape index (κ3) is 1.37. The van der Waals surface area contributed by atoms with Crippen molar-refractivity contribution in [3.8, 4) is 0 Å². The molecule has 0 saturated heterocycles. The maximum Gasteiger partial charge on any atom is 0.256 e. The average Bonchev–Trinajstić information content (AvgIpc) is 2.58. The highest BCUT2D eigenvalue weighted by atomic mass is 16.3. The molecule has 4 nitrogen and oxygen atoms in total. The molecule has 1 aromatic rings. The predicted octanol–water partition coefficient (Wildman–Crippen LogP) is -0.276. The summed E-state index contributed by atoms with van der Waals surface area (Å²) in [5.41, 5.74) is 1.81. The lowest BCUT2D eigenvalue weighted by atomic mass is 10.2. The van der Waals surface area contributed by atoms with Crippen molar-refractivity contribution in [3.63, 3.8) is 0 Å². The summed E-state index contributed by atoms with van der Waals surface area (Å²) in [7, 11) is 0. The quantitative estimate of drug-likeness (QED) is 0.681. The fourth-order valence-corrected chi connectivity index (χ4v) is 1.73. The number of fused-ring (bicyclic) bond motifs is 1. The van der Waals surface area contributed by atoms with Gasteiger partial charge in [0.15, 0.2) is 0 Å². The van der Waals surface area contributed by atoms with E-state index in [2.05, 4.69) is 4.98 Å². The number of rotatable bonds is 2. The smallest absolute Gasteiger partial charge is 0.256 e. The van der Waals surface area contributed by atoms with Crippen LogP contribution in [0.15, 0.2) is 11.1 Å². The Labute approximate surface area is 75.9 Å². The van der Waals surface area contributed by atoms with Crippen LogP contribution in [-0.4, -0.2) is 21.3 Å². The zero-order valence-electron chi connectivity index (χ0n) is 7.36. The molecule has 70 valence electrons. The zero-order valence-corrected chi connectivity index (χ0v) is 7.36. The van der Waals surface area contributed by atoms with E-state index in [1.807, 2.05) is 0 Å². The number of nitrogens with zero attached hydrogens (tertiary/aromatic N) is 2.